The van der Waals surface area contributed by atoms with E-state index < -0.39 is 0 Å². The number of fused-ring (bicyclic) bond motifs is 1. The molecule has 0 spiro atoms. The van der Waals surface area contributed by atoms with Crippen molar-refractivity contribution >= 4 is 17.0 Å². The van der Waals surface area contributed by atoms with E-state index in [0.29, 0.717) is 0 Å². The highest BCUT2D eigenvalue weighted by Crippen LogP contribution is 2.15. The number of nitrogens with zero attached hydrogens (tertiary/aromatic N) is 1. The average Bonchev–Trinajstić information content (AvgIpc) is 2.69. The van der Waals surface area contributed by atoms with Gasteiger partial charge >= 0.3 is 0 Å². The molecule has 2 rings (SSSR count). The van der Waals surface area contributed by atoms with Crippen LogP contribution in [0.3, 0.4) is 0 Å². The molecule has 0 aliphatic heterocycles. The van der Waals surface area contributed by atoms with E-state index in [2.05, 4.69) is 15.3 Å². The van der Waals surface area contributed by atoms with Crippen molar-refractivity contribution in [1.82, 2.24) is 9.97 Å². The molecule has 16 heavy (non-hydrogen) atoms. The molecule has 0 saturated carbocycles. The summed E-state index contributed by atoms with van der Waals surface area (Å²) in [6.07, 6.45) is 0. The largest absolute Gasteiger partial charge is 0.396 e. The Balaban J connectivity index is 2.15. The lowest BCUT2D eigenvalue weighted by atomic mass is 10.1. The van der Waals surface area contributed by atoms with Crippen LogP contribution < -0.4 is 5.32 Å². The van der Waals surface area contributed by atoms with Crippen LogP contribution in [-0.2, 0) is 0 Å². The Labute approximate surface area is 94.7 Å². The smallest absolute Gasteiger partial charge is 0.201 e. The maximum absolute atomic E-state index is 9.05. The number of hydrogen-bond donors (Lipinski definition) is 3. The maximum Gasteiger partial charge on any atom is 0.201 e. The number of aromatic amines is 1. The quantitative estimate of drug-likeness (QED) is 0.737. The molecule has 0 fully saturated rings. The van der Waals surface area contributed by atoms with Crippen molar-refractivity contribution in [2.45, 2.75) is 19.9 Å². The second-order valence-electron chi connectivity index (χ2n) is 4.20. The zero-order valence-electron chi connectivity index (χ0n) is 9.57. The maximum atomic E-state index is 9.05. The number of H-pyrrole nitrogens is 1. The van der Waals surface area contributed by atoms with E-state index in [1.165, 1.54) is 0 Å². The number of rotatable bonds is 4. The molecule has 2 unspecified atom stereocenters. The van der Waals surface area contributed by atoms with Gasteiger partial charge in [-0.2, -0.15) is 0 Å². The molecule has 2 atom stereocenters. The van der Waals surface area contributed by atoms with Crippen LogP contribution in [0.4, 0.5) is 5.95 Å². The van der Waals surface area contributed by atoms with Crippen molar-refractivity contribution < 1.29 is 5.11 Å². The summed E-state index contributed by atoms with van der Waals surface area (Å²) in [5.41, 5.74) is 1.97. The van der Waals surface area contributed by atoms with Crippen molar-refractivity contribution in [3.8, 4) is 0 Å². The van der Waals surface area contributed by atoms with Gasteiger partial charge in [0.1, 0.15) is 0 Å². The monoisotopic (exact) mass is 219 g/mol. The van der Waals surface area contributed by atoms with Crippen LogP contribution in [-0.4, -0.2) is 27.7 Å². The molecule has 3 N–H and O–H groups in total. The van der Waals surface area contributed by atoms with Crippen LogP contribution >= 0.6 is 0 Å². The Morgan fingerprint density at radius 1 is 1.38 bits per heavy atom. The molecule has 1 aromatic carbocycles. The third kappa shape index (κ3) is 2.17. The van der Waals surface area contributed by atoms with Crippen molar-refractivity contribution in [3.63, 3.8) is 0 Å². The van der Waals surface area contributed by atoms with Gasteiger partial charge < -0.3 is 15.4 Å². The fraction of sp³-hybridized carbons (Fsp3) is 0.417. The summed E-state index contributed by atoms with van der Waals surface area (Å²) in [5.74, 6) is 0.960. The normalized spacial score (nSPS) is 14.9. The molecule has 0 aliphatic rings. The average molecular weight is 219 g/mol. The highest BCUT2D eigenvalue weighted by atomic mass is 16.3. The number of para-hydroxylation sites is 2. The summed E-state index contributed by atoms with van der Waals surface area (Å²) < 4.78 is 0. The fourth-order valence-corrected chi connectivity index (χ4v) is 1.54. The lowest BCUT2D eigenvalue weighted by Crippen LogP contribution is -2.26. The molecule has 1 heterocycles. The van der Waals surface area contributed by atoms with Gasteiger partial charge in [0, 0.05) is 12.6 Å². The zero-order valence-corrected chi connectivity index (χ0v) is 9.57. The number of aromatic nitrogens is 2. The van der Waals surface area contributed by atoms with E-state index in [4.69, 9.17) is 5.11 Å². The van der Waals surface area contributed by atoms with Crippen molar-refractivity contribution in [2.75, 3.05) is 11.9 Å². The van der Waals surface area contributed by atoms with Crippen molar-refractivity contribution in [3.05, 3.63) is 24.3 Å². The standard InChI is InChI=1S/C12H17N3O/c1-8(7-16)9(2)13-12-14-10-5-3-4-6-11(10)15-12/h3-6,8-9,16H,7H2,1-2H3,(H2,13,14,15). The van der Waals surface area contributed by atoms with Crippen LogP contribution in [0.5, 0.6) is 0 Å². The first kappa shape index (κ1) is 11.0. The number of anilines is 1. The first-order chi connectivity index (χ1) is 7.70. The van der Waals surface area contributed by atoms with Gasteiger partial charge in [0.15, 0.2) is 0 Å². The van der Waals surface area contributed by atoms with Gasteiger partial charge in [0.2, 0.25) is 5.95 Å². The van der Waals surface area contributed by atoms with E-state index in [1.807, 2.05) is 38.1 Å². The minimum atomic E-state index is 0.175. The number of aliphatic hydroxyl groups excluding tert-OH is 1. The van der Waals surface area contributed by atoms with E-state index >= 15 is 0 Å². The highest BCUT2D eigenvalue weighted by Gasteiger charge is 2.12. The van der Waals surface area contributed by atoms with Crippen molar-refractivity contribution in [2.24, 2.45) is 5.92 Å². The number of aliphatic hydroxyl groups is 1. The fourth-order valence-electron chi connectivity index (χ4n) is 1.54. The van der Waals surface area contributed by atoms with Gasteiger partial charge in [-0.05, 0) is 25.0 Å². The first-order valence-electron chi connectivity index (χ1n) is 5.53. The Hall–Kier alpha value is -1.55. The Bertz CT molecular complexity index is 433. The molecule has 0 radical (unpaired) electrons. The van der Waals surface area contributed by atoms with Crippen LogP contribution in [0.15, 0.2) is 24.3 Å². The predicted octanol–water partition coefficient (Wildman–Crippen LogP) is 1.99. The molecule has 4 nitrogen and oxygen atoms in total. The summed E-state index contributed by atoms with van der Waals surface area (Å²) in [6.45, 7) is 4.21. The molecule has 0 bridgehead atoms. The van der Waals surface area contributed by atoms with E-state index in [9.17, 15) is 0 Å². The molecule has 2 aromatic rings. The van der Waals surface area contributed by atoms with Gasteiger partial charge in [-0.3, -0.25) is 0 Å². The van der Waals surface area contributed by atoms with Crippen molar-refractivity contribution in [1.29, 1.82) is 0 Å². The molecule has 1 aromatic heterocycles. The van der Waals surface area contributed by atoms with Crippen LogP contribution in [0, 0.1) is 5.92 Å². The van der Waals surface area contributed by atoms with E-state index in [1.54, 1.807) is 0 Å². The van der Waals surface area contributed by atoms with Gasteiger partial charge in [0.25, 0.3) is 0 Å². The van der Waals surface area contributed by atoms with Crippen LogP contribution in [0.2, 0.25) is 0 Å². The number of imidazole rings is 1. The molecule has 0 amide bonds. The SMILES string of the molecule is CC(CO)C(C)Nc1nc2ccccc2[nH]1. The molecule has 0 saturated heterocycles. The minimum absolute atomic E-state index is 0.175. The Morgan fingerprint density at radius 3 is 2.81 bits per heavy atom. The Kier molecular flexibility index (Phi) is 3.10. The highest BCUT2D eigenvalue weighted by molar-refractivity contribution is 5.77. The lowest BCUT2D eigenvalue weighted by molar-refractivity contribution is 0.226. The minimum Gasteiger partial charge on any atom is -0.396 e. The Morgan fingerprint density at radius 2 is 2.12 bits per heavy atom. The van der Waals surface area contributed by atoms with Crippen LogP contribution in [0.1, 0.15) is 13.8 Å². The van der Waals surface area contributed by atoms with E-state index in [0.717, 1.165) is 17.0 Å². The third-order valence-electron chi connectivity index (χ3n) is 2.90. The van der Waals surface area contributed by atoms with Gasteiger partial charge in [-0.15, -0.1) is 0 Å². The number of hydrogen-bond acceptors (Lipinski definition) is 3. The second-order valence-corrected chi connectivity index (χ2v) is 4.20. The van der Waals surface area contributed by atoms with Gasteiger partial charge in [0.05, 0.1) is 11.0 Å². The molecule has 4 heteroatoms. The molecule has 0 aliphatic carbocycles. The first-order valence-corrected chi connectivity index (χ1v) is 5.53. The second kappa shape index (κ2) is 4.53. The molecular formula is C12H17N3O. The summed E-state index contributed by atoms with van der Waals surface area (Å²) in [4.78, 5) is 7.62. The molecule has 86 valence electrons. The summed E-state index contributed by atoms with van der Waals surface area (Å²) in [6, 6.07) is 8.09. The summed E-state index contributed by atoms with van der Waals surface area (Å²) in [5, 5.41) is 12.3. The number of benzene rings is 1. The topological polar surface area (TPSA) is 60.9 Å². The van der Waals surface area contributed by atoms with Crippen LogP contribution in [0.25, 0.3) is 11.0 Å². The summed E-state index contributed by atoms with van der Waals surface area (Å²) >= 11 is 0. The third-order valence-corrected chi connectivity index (χ3v) is 2.90. The van der Waals surface area contributed by atoms with E-state index in [-0.39, 0.29) is 18.6 Å². The van der Waals surface area contributed by atoms with Gasteiger partial charge in [-0.1, -0.05) is 19.1 Å². The van der Waals surface area contributed by atoms with Gasteiger partial charge in [-0.25, -0.2) is 4.98 Å². The predicted molar refractivity (Wildman–Crippen MR) is 65.4 cm³/mol. The zero-order chi connectivity index (χ0) is 11.5. The lowest BCUT2D eigenvalue weighted by Gasteiger charge is -2.18. The summed E-state index contributed by atoms with van der Waals surface area (Å²) in [7, 11) is 0. The molecular weight excluding hydrogens is 202 g/mol. The number of nitrogens with one attached hydrogen (secondary N) is 2.